The number of nitrogens with zero attached hydrogens (tertiary/aromatic N) is 5. The molecule has 2 aromatic carbocycles. The highest BCUT2D eigenvalue weighted by Gasteiger charge is 2.22. The van der Waals surface area contributed by atoms with Crippen molar-refractivity contribution >= 4 is 23.4 Å². The van der Waals surface area contributed by atoms with E-state index >= 15 is 0 Å². The van der Waals surface area contributed by atoms with Crippen LogP contribution >= 0.6 is 11.8 Å². The molecule has 0 aliphatic heterocycles. The Morgan fingerprint density at radius 2 is 1.80 bits per heavy atom. The molecule has 25 heavy (non-hydrogen) atoms. The molecule has 1 amide bonds. The third-order valence-corrected chi connectivity index (χ3v) is 4.84. The number of carbonyl (C=O) groups excluding carboxylic acids is 1. The fourth-order valence-electron chi connectivity index (χ4n) is 2.36. The molecule has 128 valence electrons. The number of para-hydroxylation sites is 1. The largest absolute Gasteiger partial charge is 0.315 e. The Labute approximate surface area is 150 Å². The molecular weight excluding hydrogens is 334 g/mol. The summed E-state index contributed by atoms with van der Waals surface area (Å²) in [6, 6.07) is 17.5. The zero-order valence-electron chi connectivity index (χ0n) is 14.3. The summed E-state index contributed by atoms with van der Waals surface area (Å²) < 4.78 is 1.65. The van der Waals surface area contributed by atoms with Crippen molar-refractivity contribution in [1.82, 2.24) is 20.2 Å². The van der Waals surface area contributed by atoms with Gasteiger partial charge < -0.3 is 4.90 Å². The molecule has 0 radical (unpaired) electrons. The average molecular weight is 353 g/mol. The number of aryl methyl sites for hydroxylation is 1. The molecular formula is C18H19N5OS. The van der Waals surface area contributed by atoms with Gasteiger partial charge in [0.05, 0.1) is 10.9 Å². The van der Waals surface area contributed by atoms with Gasteiger partial charge in [-0.25, -0.2) is 0 Å². The molecule has 1 heterocycles. The van der Waals surface area contributed by atoms with Gasteiger partial charge >= 0.3 is 0 Å². The lowest BCUT2D eigenvalue weighted by Crippen LogP contribution is -2.33. The summed E-state index contributed by atoms with van der Waals surface area (Å²) in [7, 11) is 1.78. The lowest BCUT2D eigenvalue weighted by atomic mass is 10.2. The van der Waals surface area contributed by atoms with Crippen LogP contribution in [0.15, 0.2) is 59.8 Å². The number of benzene rings is 2. The first-order valence-electron chi connectivity index (χ1n) is 7.91. The Kier molecular flexibility index (Phi) is 5.14. The minimum absolute atomic E-state index is 0.00495. The number of anilines is 1. The maximum absolute atomic E-state index is 12.7. The second-order valence-corrected chi connectivity index (χ2v) is 7.01. The summed E-state index contributed by atoms with van der Waals surface area (Å²) in [5.41, 5.74) is 2.89. The van der Waals surface area contributed by atoms with E-state index in [0.29, 0.717) is 5.16 Å². The van der Waals surface area contributed by atoms with Gasteiger partial charge in [0.25, 0.3) is 0 Å². The van der Waals surface area contributed by atoms with Crippen LogP contribution in [0.4, 0.5) is 5.69 Å². The summed E-state index contributed by atoms with van der Waals surface area (Å²) in [6.45, 7) is 3.89. The Balaban J connectivity index is 1.75. The number of hydrogen-bond donors (Lipinski definition) is 0. The first kappa shape index (κ1) is 17.2. The summed E-state index contributed by atoms with van der Waals surface area (Å²) in [4.78, 5) is 14.3. The number of amides is 1. The van der Waals surface area contributed by atoms with E-state index < -0.39 is 0 Å². The van der Waals surface area contributed by atoms with Crippen molar-refractivity contribution in [2.75, 3.05) is 11.9 Å². The van der Waals surface area contributed by atoms with Gasteiger partial charge in [-0.3, -0.25) is 4.79 Å². The third-order valence-electron chi connectivity index (χ3n) is 3.82. The molecule has 1 atom stereocenters. The fraction of sp³-hybridized carbons (Fsp3) is 0.222. The molecule has 7 heteroatoms. The number of hydrogen-bond acceptors (Lipinski definition) is 5. The summed E-state index contributed by atoms with van der Waals surface area (Å²) in [5, 5.41) is 12.1. The first-order chi connectivity index (χ1) is 12.1. The van der Waals surface area contributed by atoms with Gasteiger partial charge in [0.15, 0.2) is 0 Å². The first-order valence-corrected chi connectivity index (χ1v) is 8.79. The van der Waals surface area contributed by atoms with E-state index in [0.717, 1.165) is 11.4 Å². The van der Waals surface area contributed by atoms with Crippen molar-refractivity contribution < 1.29 is 4.79 Å². The van der Waals surface area contributed by atoms with Crippen LogP contribution in [0.5, 0.6) is 0 Å². The lowest BCUT2D eigenvalue weighted by molar-refractivity contribution is -0.117. The van der Waals surface area contributed by atoms with Crippen LogP contribution in [0.3, 0.4) is 0 Å². The highest BCUT2D eigenvalue weighted by Crippen LogP contribution is 2.25. The van der Waals surface area contributed by atoms with Crippen molar-refractivity contribution in [3.05, 3.63) is 60.2 Å². The third kappa shape index (κ3) is 3.88. The van der Waals surface area contributed by atoms with Crippen molar-refractivity contribution in [1.29, 1.82) is 0 Å². The van der Waals surface area contributed by atoms with Crippen molar-refractivity contribution in [3.63, 3.8) is 0 Å². The van der Waals surface area contributed by atoms with Crippen molar-refractivity contribution in [2.24, 2.45) is 0 Å². The van der Waals surface area contributed by atoms with E-state index in [1.165, 1.54) is 17.3 Å². The smallest absolute Gasteiger partial charge is 0.240 e. The SMILES string of the molecule is Cc1ccc(-n2nnnc2SC(C)C(=O)N(C)c2ccccc2)cc1. The van der Waals surface area contributed by atoms with E-state index in [4.69, 9.17) is 0 Å². The molecule has 1 aromatic heterocycles. The number of carbonyl (C=O) groups is 1. The van der Waals surface area contributed by atoms with Gasteiger partial charge in [-0.15, -0.1) is 5.10 Å². The molecule has 0 aliphatic rings. The van der Waals surface area contributed by atoms with Crippen LogP contribution in [0.1, 0.15) is 12.5 Å². The predicted molar refractivity (Wildman–Crippen MR) is 99.1 cm³/mol. The Bertz CT molecular complexity index is 847. The van der Waals surface area contributed by atoms with Crippen molar-refractivity contribution in [3.8, 4) is 5.69 Å². The molecule has 3 aromatic rings. The maximum Gasteiger partial charge on any atom is 0.240 e. The van der Waals surface area contributed by atoms with Gasteiger partial charge in [0.1, 0.15) is 0 Å². The number of rotatable bonds is 5. The number of thioether (sulfide) groups is 1. The maximum atomic E-state index is 12.7. The Morgan fingerprint density at radius 1 is 1.12 bits per heavy atom. The second-order valence-electron chi connectivity index (χ2n) is 5.70. The van der Waals surface area contributed by atoms with Gasteiger partial charge in [-0.1, -0.05) is 47.7 Å². The normalized spacial score (nSPS) is 12.0. The number of aromatic nitrogens is 4. The molecule has 0 saturated carbocycles. The lowest BCUT2D eigenvalue weighted by Gasteiger charge is -2.20. The standard InChI is InChI=1S/C18H19N5OS/c1-13-9-11-16(12-10-13)23-18(19-20-21-23)25-14(2)17(24)22(3)15-7-5-4-6-8-15/h4-12,14H,1-3H3. The van der Waals surface area contributed by atoms with Crippen LogP contribution < -0.4 is 4.90 Å². The van der Waals surface area contributed by atoms with E-state index in [1.54, 1.807) is 16.6 Å². The van der Waals surface area contributed by atoms with Gasteiger partial charge in [-0.05, 0) is 48.5 Å². The van der Waals surface area contributed by atoms with E-state index in [9.17, 15) is 4.79 Å². The number of tetrazole rings is 1. The molecule has 0 fully saturated rings. The minimum Gasteiger partial charge on any atom is -0.315 e. The van der Waals surface area contributed by atoms with Crippen LogP contribution in [0.2, 0.25) is 0 Å². The monoisotopic (exact) mass is 353 g/mol. The zero-order valence-corrected chi connectivity index (χ0v) is 15.1. The summed E-state index contributed by atoms with van der Waals surface area (Å²) in [6.07, 6.45) is 0. The second kappa shape index (κ2) is 7.48. The molecule has 6 nitrogen and oxygen atoms in total. The molecule has 0 bridgehead atoms. The van der Waals surface area contributed by atoms with E-state index in [1.807, 2.05) is 68.4 Å². The van der Waals surface area contributed by atoms with Gasteiger partial charge in [0, 0.05) is 12.7 Å². The predicted octanol–water partition coefficient (Wildman–Crippen LogP) is 3.11. The summed E-state index contributed by atoms with van der Waals surface area (Å²) >= 11 is 1.34. The summed E-state index contributed by atoms with van der Waals surface area (Å²) in [5.74, 6) is -0.00495. The van der Waals surface area contributed by atoms with Crippen LogP contribution in [0.25, 0.3) is 5.69 Å². The molecule has 0 saturated heterocycles. The molecule has 0 N–H and O–H groups in total. The Hall–Kier alpha value is -2.67. The van der Waals surface area contributed by atoms with Crippen LogP contribution in [0, 0.1) is 6.92 Å². The average Bonchev–Trinajstić information content (AvgIpc) is 3.10. The minimum atomic E-state index is -0.319. The highest BCUT2D eigenvalue weighted by molar-refractivity contribution is 8.00. The quantitative estimate of drug-likeness (QED) is 0.660. The van der Waals surface area contributed by atoms with Crippen molar-refractivity contribution in [2.45, 2.75) is 24.3 Å². The topological polar surface area (TPSA) is 63.9 Å². The Morgan fingerprint density at radius 3 is 2.48 bits per heavy atom. The van der Waals surface area contributed by atoms with Crippen LogP contribution in [-0.2, 0) is 4.79 Å². The van der Waals surface area contributed by atoms with Gasteiger partial charge in [0.2, 0.25) is 11.1 Å². The molecule has 3 rings (SSSR count). The molecule has 1 unspecified atom stereocenters. The van der Waals surface area contributed by atoms with Crippen LogP contribution in [-0.4, -0.2) is 38.4 Å². The van der Waals surface area contributed by atoms with Gasteiger partial charge in [-0.2, -0.15) is 4.68 Å². The zero-order chi connectivity index (χ0) is 17.8. The van der Waals surface area contributed by atoms with E-state index in [2.05, 4.69) is 15.5 Å². The fourth-order valence-corrected chi connectivity index (χ4v) is 3.26. The molecule has 0 aliphatic carbocycles. The highest BCUT2D eigenvalue weighted by atomic mass is 32.2. The van der Waals surface area contributed by atoms with E-state index in [-0.39, 0.29) is 11.2 Å². The molecule has 0 spiro atoms.